The predicted molar refractivity (Wildman–Crippen MR) is 97.7 cm³/mol. The highest BCUT2D eigenvalue weighted by Gasteiger charge is 2.39. The molecule has 0 saturated heterocycles. The van der Waals surface area contributed by atoms with Crippen LogP contribution in [0.2, 0.25) is 36.3 Å². The van der Waals surface area contributed by atoms with Crippen molar-refractivity contribution in [3.05, 3.63) is 0 Å². The van der Waals surface area contributed by atoms with E-state index in [0.717, 1.165) is 6.29 Å². The lowest BCUT2D eigenvalue weighted by Gasteiger charge is -2.37. The van der Waals surface area contributed by atoms with Gasteiger partial charge in [0.1, 0.15) is 20.5 Å². The summed E-state index contributed by atoms with van der Waals surface area (Å²) in [6.45, 7) is 17.7. The molecule has 0 aliphatic carbocycles. The third kappa shape index (κ3) is 6.09. The highest BCUT2D eigenvalue weighted by Crippen LogP contribution is 2.37. The lowest BCUT2D eigenvalue weighted by molar-refractivity contribution is -0.113. The normalized spacial score (nSPS) is 14.3. The van der Waals surface area contributed by atoms with Crippen molar-refractivity contribution >= 4 is 22.7 Å². The van der Waals surface area contributed by atoms with Gasteiger partial charge in [-0.1, -0.05) is 41.5 Å². The lowest BCUT2D eigenvalue weighted by atomic mass is 10.2. The molecule has 0 fully saturated rings. The van der Waals surface area contributed by atoms with E-state index in [1.54, 1.807) is 0 Å². The summed E-state index contributed by atoms with van der Waals surface area (Å²) < 4.78 is 6.15. The molecule has 0 unspecified atom stereocenters. The molecular formula is C17H34O2Si2. The van der Waals surface area contributed by atoms with Crippen LogP contribution in [0.4, 0.5) is 0 Å². The highest BCUT2D eigenvalue weighted by molar-refractivity contribution is 6.87. The molecule has 1 atom stereocenters. The molecule has 0 aromatic carbocycles. The molecule has 0 spiro atoms. The maximum absolute atomic E-state index is 11.3. The first-order valence-electron chi connectivity index (χ1n) is 8.20. The molecule has 0 rings (SSSR count). The van der Waals surface area contributed by atoms with Gasteiger partial charge in [0, 0.05) is 6.42 Å². The summed E-state index contributed by atoms with van der Waals surface area (Å²) in [5.74, 6) is 3.28. The Morgan fingerprint density at radius 3 is 1.90 bits per heavy atom. The van der Waals surface area contributed by atoms with E-state index < -0.39 is 16.4 Å². The van der Waals surface area contributed by atoms with E-state index in [0.29, 0.717) is 6.42 Å². The van der Waals surface area contributed by atoms with E-state index >= 15 is 0 Å². The third-order valence-corrected chi connectivity index (χ3v) is 14.4. The van der Waals surface area contributed by atoms with Crippen LogP contribution in [-0.2, 0) is 9.22 Å². The van der Waals surface area contributed by atoms with Crippen molar-refractivity contribution in [2.24, 2.45) is 0 Å². The third-order valence-electron chi connectivity index (χ3n) is 5.09. The van der Waals surface area contributed by atoms with Gasteiger partial charge in [-0.05, 0) is 36.3 Å². The van der Waals surface area contributed by atoms with Gasteiger partial charge < -0.3 is 9.22 Å². The van der Waals surface area contributed by atoms with Crippen LogP contribution in [0.3, 0.4) is 0 Å². The monoisotopic (exact) mass is 326 g/mol. The molecule has 0 saturated carbocycles. The molecule has 21 heavy (non-hydrogen) atoms. The van der Waals surface area contributed by atoms with E-state index in [1.807, 2.05) is 0 Å². The Kier molecular flexibility index (Phi) is 8.16. The van der Waals surface area contributed by atoms with Crippen LogP contribution in [-0.4, -0.2) is 28.8 Å². The lowest BCUT2D eigenvalue weighted by Crippen LogP contribution is -2.44. The molecule has 4 heteroatoms. The highest BCUT2D eigenvalue weighted by atomic mass is 28.4. The Balaban J connectivity index is 4.87. The van der Waals surface area contributed by atoms with Crippen LogP contribution in [0.25, 0.3) is 0 Å². The second-order valence-electron chi connectivity index (χ2n) is 7.40. The van der Waals surface area contributed by atoms with Gasteiger partial charge in [-0.25, -0.2) is 0 Å². The summed E-state index contributed by atoms with van der Waals surface area (Å²) in [4.78, 5) is 11.3. The van der Waals surface area contributed by atoms with Gasteiger partial charge in [-0.2, -0.15) is 0 Å². The molecule has 2 nitrogen and oxygen atoms in total. The predicted octanol–water partition coefficient (Wildman–Crippen LogP) is 5.02. The summed E-state index contributed by atoms with van der Waals surface area (Å²) in [5, 5.41) is 0.121. The number of hydrogen-bond donors (Lipinski definition) is 0. The largest absolute Gasteiger partial charge is 0.406 e. The van der Waals surface area contributed by atoms with Gasteiger partial charge >= 0.3 is 0 Å². The molecule has 0 aliphatic heterocycles. The molecule has 0 N–H and O–H groups in total. The second-order valence-corrected chi connectivity index (χ2v) is 17.1. The topological polar surface area (TPSA) is 26.3 Å². The summed E-state index contributed by atoms with van der Waals surface area (Å²) >= 11 is 0. The van der Waals surface area contributed by atoms with Crippen LogP contribution < -0.4 is 0 Å². The number of aldehydes is 1. The summed E-state index contributed by atoms with van der Waals surface area (Å²) in [6, 6.07) is 3.59. The van der Waals surface area contributed by atoms with Crippen molar-refractivity contribution in [3.8, 4) is 11.5 Å². The average Bonchev–Trinajstić information content (AvgIpc) is 2.41. The molecule has 0 bridgehead atoms. The number of rotatable bonds is 7. The Bertz CT molecular complexity index is 374. The van der Waals surface area contributed by atoms with Crippen molar-refractivity contribution < 1.29 is 9.22 Å². The smallest absolute Gasteiger partial charge is 0.193 e. The fourth-order valence-electron chi connectivity index (χ4n) is 2.03. The Morgan fingerprint density at radius 2 is 1.57 bits per heavy atom. The fourth-order valence-corrected chi connectivity index (χ4v) is 5.78. The van der Waals surface area contributed by atoms with Gasteiger partial charge in [0.15, 0.2) is 8.32 Å². The van der Waals surface area contributed by atoms with E-state index in [4.69, 9.17) is 4.43 Å². The minimum absolute atomic E-state index is 0.121. The maximum Gasteiger partial charge on any atom is 0.193 e. The standard InChI is InChI=1S/C17H34O2Si2/c1-9-21(10-2,11-3)14-12-13-16(15-18)19-20(7,8)17(4,5)6/h15-16H,9-11,13H2,1-8H3/t16-/m0/s1. The van der Waals surface area contributed by atoms with Gasteiger partial charge in [-0.3, -0.25) is 0 Å². The SMILES string of the molecule is CC[Si](C#CC[C@@H](C=O)O[Si](C)(C)C(C)(C)C)(CC)CC. The first-order chi connectivity index (χ1) is 9.57. The minimum atomic E-state index is -1.90. The number of carbonyl (C=O) groups is 1. The van der Waals surface area contributed by atoms with Crippen LogP contribution in [0.5, 0.6) is 0 Å². The molecule has 0 radical (unpaired) electrons. The van der Waals surface area contributed by atoms with Crippen molar-refractivity contribution in [2.75, 3.05) is 0 Å². The number of hydrogen-bond acceptors (Lipinski definition) is 2. The van der Waals surface area contributed by atoms with Crippen LogP contribution in [0.15, 0.2) is 0 Å². The van der Waals surface area contributed by atoms with Gasteiger partial charge in [0.05, 0.1) is 0 Å². The van der Waals surface area contributed by atoms with E-state index in [1.165, 1.54) is 18.1 Å². The molecule has 0 aliphatic rings. The van der Waals surface area contributed by atoms with Crippen LogP contribution in [0.1, 0.15) is 48.0 Å². The fraction of sp³-hybridized carbons (Fsp3) is 0.824. The van der Waals surface area contributed by atoms with Crippen molar-refractivity contribution in [1.29, 1.82) is 0 Å². The quantitative estimate of drug-likeness (QED) is 0.373. The van der Waals surface area contributed by atoms with E-state index in [-0.39, 0.29) is 11.1 Å². The van der Waals surface area contributed by atoms with E-state index in [2.05, 4.69) is 66.1 Å². The van der Waals surface area contributed by atoms with Crippen molar-refractivity contribution in [2.45, 2.75) is 90.3 Å². The zero-order valence-electron chi connectivity index (χ0n) is 15.3. The molecule has 0 heterocycles. The van der Waals surface area contributed by atoms with Crippen LogP contribution >= 0.6 is 0 Å². The Morgan fingerprint density at radius 1 is 1.10 bits per heavy atom. The van der Waals surface area contributed by atoms with Gasteiger partial charge in [0.2, 0.25) is 0 Å². The zero-order chi connectivity index (χ0) is 16.7. The number of carbonyl (C=O) groups excluding carboxylic acids is 1. The van der Waals surface area contributed by atoms with Crippen LogP contribution in [0, 0.1) is 11.5 Å². The Labute approximate surface area is 134 Å². The molecule has 0 amide bonds. The van der Waals surface area contributed by atoms with E-state index in [9.17, 15) is 4.79 Å². The summed E-state index contributed by atoms with van der Waals surface area (Å²) in [5.41, 5.74) is 3.54. The van der Waals surface area contributed by atoms with Crippen molar-refractivity contribution in [3.63, 3.8) is 0 Å². The average molecular weight is 327 g/mol. The van der Waals surface area contributed by atoms with Gasteiger partial charge in [0.25, 0.3) is 0 Å². The minimum Gasteiger partial charge on any atom is -0.406 e. The second kappa shape index (κ2) is 8.31. The summed E-state index contributed by atoms with van der Waals surface area (Å²) in [6.07, 6.45) is 1.11. The molecule has 122 valence electrons. The maximum atomic E-state index is 11.3. The Hall–Kier alpha value is -0.376. The van der Waals surface area contributed by atoms with Gasteiger partial charge in [-0.15, -0.1) is 11.5 Å². The first-order valence-corrected chi connectivity index (χ1v) is 13.7. The molecule has 0 aromatic rings. The first kappa shape index (κ1) is 20.6. The van der Waals surface area contributed by atoms with Crippen molar-refractivity contribution in [1.82, 2.24) is 0 Å². The zero-order valence-corrected chi connectivity index (χ0v) is 17.3. The summed E-state index contributed by atoms with van der Waals surface area (Å²) in [7, 11) is -3.31. The molecule has 0 aromatic heterocycles. The molecular weight excluding hydrogens is 292 g/mol.